The summed E-state index contributed by atoms with van der Waals surface area (Å²) in [6.07, 6.45) is 29.1. The summed E-state index contributed by atoms with van der Waals surface area (Å²) in [5.41, 5.74) is 34.4. The van der Waals surface area contributed by atoms with Crippen LogP contribution in [-0.2, 0) is 88.2 Å². The van der Waals surface area contributed by atoms with Crippen molar-refractivity contribution in [3.05, 3.63) is 406 Å². The number of ether oxygens (including phenoxy) is 2. The lowest BCUT2D eigenvalue weighted by atomic mass is 9.87. The molecule has 0 fully saturated rings. The lowest BCUT2D eigenvalue weighted by molar-refractivity contribution is -0.117. The minimum atomic E-state index is 0.0852. The molecule has 0 aliphatic carbocycles. The van der Waals surface area contributed by atoms with E-state index in [1.807, 2.05) is 128 Å². The minimum absolute atomic E-state index is 0.0852. The van der Waals surface area contributed by atoms with Crippen LogP contribution < -0.4 is 36.1 Å². The van der Waals surface area contributed by atoms with Gasteiger partial charge in [-0.15, -0.1) is 0 Å². The molecule has 5 N–H and O–H groups in total. The Balaban J connectivity index is 0.000000115. The van der Waals surface area contributed by atoms with Crippen molar-refractivity contribution in [2.75, 3.05) is 40.8 Å². The van der Waals surface area contributed by atoms with Crippen LogP contribution in [0.25, 0.3) is 55.6 Å². The average Bonchev–Trinajstić information content (AvgIpc) is 0.795. The van der Waals surface area contributed by atoms with E-state index in [1.165, 1.54) is 100 Å². The van der Waals surface area contributed by atoms with Crippen LogP contribution in [0.5, 0.6) is 11.5 Å². The molecule has 5 amide bonds. The first-order valence-electron chi connectivity index (χ1n) is 42.0. The Morgan fingerprint density at radius 1 is 0.258 bits per heavy atom. The average molecular weight is 1630 g/mol. The molecule has 5 aromatic heterocycles. The number of rotatable bonds is 17. The van der Waals surface area contributed by atoms with E-state index in [0.29, 0.717) is 32.1 Å². The number of carbonyl (C=O) groups excluding carboxylic acids is 5. The smallest absolute Gasteiger partial charge is 0.224 e. The van der Waals surface area contributed by atoms with Gasteiger partial charge in [-0.3, -0.25) is 48.9 Å². The van der Waals surface area contributed by atoms with Crippen molar-refractivity contribution in [1.82, 2.24) is 24.9 Å². The summed E-state index contributed by atoms with van der Waals surface area (Å²) < 4.78 is 10.5. The Bertz CT molecular complexity index is 6180. The van der Waals surface area contributed by atoms with E-state index >= 15 is 0 Å². The number of hydrogen-bond donors (Lipinski definition) is 5. The topological polar surface area (TPSA) is 228 Å². The van der Waals surface area contributed by atoms with Gasteiger partial charge in [-0.2, -0.15) is 0 Å². The Kier molecular flexibility index (Phi) is 26.5. The highest BCUT2D eigenvalue weighted by molar-refractivity contribution is 5.99. The number of anilines is 5. The summed E-state index contributed by atoms with van der Waals surface area (Å²) >= 11 is 0. The lowest BCUT2D eigenvalue weighted by Gasteiger charge is -2.23. The molecule has 0 unspecified atom stereocenters. The Labute approximate surface area is 722 Å². The Morgan fingerprint density at radius 2 is 0.589 bits per heavy atom. The van der Waals surface area contributed by atoms with Gasteiger partial charge in [0.15, 0.2) is 0 Å². The molecule has 0 saturated carbocycles. The van der Waals surface area contributed by atoms with Gasteiger partial charge in [0.25, 0.3) is 0 Å². The van der Waals surface area contributed by atoms with Gasteiger partial charge >= 0.3 is 0 Å². The second-order valence-electron chi connectivity index (χ2n) is 31.2. The maximum atomic E-state index is 11.9. The highest BCUT2D eigenvalue weighted by atomic mass is 16.5. The Hall–Kier alpha value is -15.1. The van der Waals surface area contributed by atoms with E-state index < -0.39 is 0 Å². The van der Waals surface area contributed by atoms with Crippen molar-refractivity contribution in [3.8, 4) is 67.1 Å². The molecule has 5 aliphatic heterocycles. The zero-order valence-electron chi connectivity index (χ0n) is 69.3. The predicted molar refractivity (Wildman–Crippen MR) is 492 cm³/mol. The second-order valence-corrected chi connectivity index (χ2v) is 31.2. The van der Waals surface area contributed by atoms with Crippen molar-refractivity contribution >= 4 is 58.0 Å². The monoisotopic (exact) mass is 1630 g/mol. The summed E-state index contributed by atoms with van der Waals surface area (Å²) in [5.74, 6) is 2.17. The first-order valence-corrected chi connectivity index (χ1v) is 42.0. The van der Waals surface area contributed by atoms with Crippen molar-refractivity contribution in [1.29, 1.82) is 0 Å². The van der Waals surface area contributed by atoms with E-state index in [1.54, 1.807) is 45.2 Å². The van der Waals surface area contributed by atoms with Gasteiger partial charge < -0.3 is 36.1 Å². The number of aryl methyl sites for hydroxylation is 3. The number of methoxy groups -OCH3 is 2. The number of fused-ring (bicyclic) bond motifs is 5. The van der Waals surface area contributed by atoms with Gasteiger partial charge in [0.2, 0.25) is 29.5 Å². The van der Waals surface area contributed by atoms with Crippen molar-refractivity contribution in [2.45, 2.75) is 96.3 Å². The second kappa shape index (κ2) is 39.9. The van der Waals surface area contributed by atoms with E-state index in [9.17, 15) is 24.0 Å². The number of hydrogen-bond acceptors (Lipinski definition) is 12. The molecule has 17 nitrogen and oxygen atoms in total. The normalized spacial score (nSPS) is 13.2. The molecule has 20 rings (SSSR count). The molecule has 124 heavy (non-hydrogen) atoms. The zero-order valence-corrected chi connectivity index (χ0v) is 69.3. The maximum Gasteiger partial charge on any atom is 0.224 e. The molecule has 10 heterocycles. The summed E-state index contributed by atoms with van der Waals surface area (Å²) in [6.45, 7) is 0. The van der Waals surface area contributed by atoms with Gasteiger partial charge in [0, 0.05) is 150 Å². The molecule has 17 heteroatoms. The zero-order chi connectivity index (χ0) is 84.9. The molecule has 5 aliphatic rings. The Morgan fingerprint density at radius 3 is 0.976 bits per heavy atom. The molecule has 0 radical (unpaired) electrons. The SMILES string of the molecule is COc1ccc(Cc2c(-c3cccnc3)ccc3c2CCC(=O)N3)cc1.COc1ccc(Cc2cc3c(cc2-c2cccnc2)CCC(=O)N3)cc1.O=C1CCc2c(ccc(-c3cccnc3)c2Cc2ccccc2)N1.O=C1CCc2cc(-c3cccnc3)c(Cc3ccccc3)cc2N1.O=C1CCc2cc(-c3cccnc3)cc(Cc3ccccc3)c2N1. The van der Waals surface area contributed by atoms with E-state index in [4.69, 9.17) is 9.47 Å². The number of benzene rings is 10. The van der Waals surface area contributed by atoms with E-state index in [0.717, 1.165) is 143 Å². The summed E-state index contributed by atoms with van der Waals surface area (Å²) in [5, 5.41) is 15.1. The van der Waals surface area contributed by atoms with Crippen molar-refractivity contribution in [2.24, 2.45) is 0 Å². The third-order valence-electron chi connectivity index (χ3n) is 22.9. The van der Waals surface area contributed by atoms with Gasteiger partial charge in [-0.25, -0.2) is 0 Å². The third kappa shape index (κ3) is 20.8. The number of amides is 5. The molecule has 0 saturated heterocycles. The molecular weight excluding hydrogens is 1540 g/mol. The fourth-order valence-electron chi connectivity index (χ4n) is 16.7. The minimum Gasteiger partial charge on any atom is -0.497 e. The standard InChI is InChI=1S/2C22H20N2O2.3C21H18N2O/c1-26-19-7-4-15(5-8-19)11-18-13-21-16(6-9-22(25)24-21)12-20(18)17-3-2-10-23-14-17;1-26-17-6-4-15(5-7-17)13-20-18(16-3-2-12-23-14-16)8-10-21-19(20)9-11-22(25)24-21;24-21-11-9-18-19(13-15-5-2-1-3-6-15)17(8-10-20(18)23-21)16-7-4-12-22-14-16;24-20-9-8-16-12-18(17-7-4-10-22-14-17)13-19(21(16)23-20)11-15-5-2-1-3-6-15;24-21-9-8-16-12-19(17-7-4-10-22-14-17)18(13-20(16)23-21)11-15-5-2-1-3-6-15/h2-5,7-8,10,12-14H,6,9,11H2,1H3,(H,24,25);2-8,10,12,14H,9,11,13H2,1H3,(H,24,25);1-8,10,12,14H,9,11,13H2,(H,23,24);2*1-7,10,12-14H,8-9,11H2,(H,23,24). The number of nitrogens with zero attached hydrogens (tertiary/aromatic N) is 5. The van der Waals surface area contributed by atoms with Crippen LogP contribution in [0.4, 0.5) is 28.4 Å². The maximum absolute atomic E-state index is 11.9. The number of nitrogens with one attached hydrogen (secondary N) is 5. The van der Waals surface area contributed by atoms with Crippen LogP contribution in [0.15, 0.2) is 323 Å². The van der Waals surface area contributed by atoms with E-state index in [2.05, 4.69) is 215 Å². The lowest BCUT2D eigenvalue weighted by Crippen LogP contribution is -2.20. The summed E-state index contributed by atoms with van der Waals surface area (Å²) in [6, 6.07) is 88.8. The number of pyridine rings is 5. The largest absolute Gasteiger partial charge is 0.497 e. The quantitative estimate of drug-likeness (QED) is 0.0574. The molecular formula is C107H94N10O7. The highest BCUT2D eigenvalue weighted by Gasteiger charge is 2.26. The highest BCUT2D eigenvalue weighted by Crippen LogP contribution is 2.41. The van der Waals surface area contributed by atoms with Crippen LogP contribution in [0.3, 0.4) is 0 Å². The number of aromatic nitrogens is 5. The van der Waals surface area contributed by atoms with Gasteiger partial charge in [0.05, 0.1) is 14.2 Å². The van der Waals surface area contributed by atoms with Crippen LogP contribution in [-0.4, -0.2) is 68.7 Å². The van der Waals surface area contributed by atoms with Crippen molar-refractivity contribution in [3.63, 3.8) is 0 Å². The third-order valence-corrected chi connectivity index (χ3v) is 22.9. The molecule has 614 valence electrons. The fraction of sp³-hybridized carbons (Fsp3) is 0.159. The molecule has 0 atom stereocenters. The first kappa shape index (κ1) is 82.6. The van der Waals surface area contributed by atoms with Gasteiger partial charge in [0.1, 0.15) is 11.5 Å². The van der Waals surface area contributed by atoms with Gasteiger partial charge in [-0.1, -0.05) is 158 Å². The van der Waals surface area contributed by atoms with E-state index in [-0.39, 0.29) is 29.5 Å². The number of carbonyl (C=O) groups is 5. The van der Waals surface area contributed by atoms with Crippen LogP contribution in [0.2, 0.25) is 0 Å². The molecule has 10 aromatic carbocycles. The predicted octanol–water partition coefficient (Wildman–Crippen LogP) is 21.1. The molecule has 0 spiro atoms. The van der Waals surface area contributed by atoms with Crippen LogP contribution in [0.1, 0.15) is 116 Å². The first-order chi connectivity index (χ1) is 60.9. The van der Waals surface area contributed by atoms with Crippen LogP contribution >= 0.6 is 0 Å². The summed E-state index contributed by atoms with van der Waals surface area (Å²) in [4.78, 5) is 80.2. The summed E-state index contributed by atoms with van der Waals surface area (Å²) in [7, 11) is 3.34. The van der Waals surface area contributed by atoms with Crippen molar-refractivity contribution < 1.29 is 33.4 Å². The fourth-order valence-corrected chi connectivity index (χ4v) is 16.7. The molecule has 15 aromatic rings. The van der Waals surface area contributed by atoms with Crippen LogP contribution in [0, 0.1) is 0 Å². The van der Waals surface area contributed by atoms with Gasteiger partial charge in [-0.05, 0) is 279 Å². The molecule has 0 bridgehead atoms.